The number of benzene rings is 2. The van der Waals surface area contributed by atoms with E-state index in [2.05, 4.69) is 0 Å². The normalized spacial score (nSPS) is 14.0. The monoisotopic (exact) mass is 336 g/mol. The number of allylic oxidation sites excluding steroid dienone is 2. The summed E-state index contributed by atoms with van der Waals surface area (Å²) in [6.07, 6.45) is 3.75. The number of hydrogen-bond donors (Lipinski definition) is 0. The van der Waals surface area contributed by atoms with Gasteiger partial charge in [-0.2, -0.15) is 0 Å². The first-order valence-electron chi connectivity index (χ1n) is 8.05. The van der Waals surface area contributed by atoms with Gasteiger partial charge in [-0.15, -0.1) is 0 Å². The Morgan fingerprint density at radius 2 is 1.80 bits per heavy atom. The summed E-state index contributed by atoms with van der Waals surface area (Å²) < 4.78 is 16.5. The van der Waals surface area contributed by atoms with Crippen LogP contribution < -0.4 is 14.2 Å². The molecule has 0 N–H and O–H groups in total. The van der Waals surface area contributed by atoms with Crippen LogP contribution in [0.15, 0.2) is 59.9 Å². The maximum absolute atomic E-state index is 12.4. The molecular weight excluding hydrogens is 316 g/mol. The third-order valence-corrected chi connectivity index (χ3v) is 3.80. The van der Waals surface area contributed by atoms with Gasteiger partial charge in [-0.3, -0.25) is 4.79 Å². The SMILES string of the molecule is COc1ccc2c(c1)O/C(=C\c1ccc(OCC=C(C)C)cc1)C2=O. The highest BCUT2D eigenvalue weighted by atomic mass is 16.5. The molecule has 128 valence electrons. The van der Waals surface area contributed by atoms with E-state index in [4.69, 9.17) is 14.2 Å². The Kier molecular flexibility index (Phi) is 4.89. The van der Waals surface area contributed by atoms with Crippen LogP contribution in [0.25, 0.3) is 6.08 Å². The van der Waals surface area contributed by atoms with Gasteiger partial charge in [0.15, 0.2) is 5.76 Å². The van der Waals surface area contributed by atoms with Gasteiger partial charge in [0.1, 0.15) is 23.9 Å². The van der Waals surface area contributed by atoms with E-state index in [1.807, 2.05) is 44.2 Å². The zero-order valence-electron chi connectivity index (χ0n) is 14.5. The van der Waals surface area contributed by atoms with Crippen molar-refractivity contribution in [2.45, 2.75) is 13.8 Å². The van der Waals surface area contributed by atoms with Gasteiger partial charge in [0, 0.05) is 6.07 Å². The molecule has 4 nitrogen and oxygen atoms in total. The summed E-state index contributed by atoms with van der Waals surface area (Å²) in [5, 5.41) is 0. The predicted molar refractivity (Wildman–Crippen MR) is 97.3 cm³/mol. The number of fused-ring (bicyclic) bond motifs is 1. The first-order chi connectivity index (χ1) is 12.1. The molecule has 0 atom stereocenters. The lowest BCUT2D eigenvalue weighted by Gasteiger charge is -2.04. The van der Waals surface area contributed by atoms with Gasteiger partial charge in [-0.25, -0.2) is 0 Å². The van der Waals surface area contributed by atoms with Crippen LogP contribution in [-0.4, -0.2) is 19.5 Å². The van der Waals surface area contributed by atoms with Crippen LogP contribution in [0.1, 0.15) is 29.8 Å². The van der Waals surface area contributed by atoms with Crippen molar-refractivity contribution in [2.75, 3.05) is 13.7 Å². The molecule has 0 radical (unpaired) electrons. The van der Waals surface area contributed by atoms with Crippen molar-refractivity contribution in [2.24, 2.45) is 0 Å². The number of rotatable bonds is 5. The molecule has 3 rings (SSSR count). The quantitative estimate of drug-likeness (QED) is 0.588. The van der Waals surface area contributed by atoms with E-state index in [-0.39, 0.29) is 5.78 Å². The maximum Gasteiger partial charge on any atom is 0.231 e. The van der Waals surface area contributed by atoms with Crippen molar-refractivity contribution in [3.05, 3.63) is 71.0 Å². The third kappa shape index (κ3) is 3.91. The molecule has 0 saturated carbocycles. The Balaban J connectivity index is 1.73. The van der Waals surface area contributed by atoms with E-state index in [1.165, 1.54) is 5.57 Å². The molecule has 0 aliphatic carbocycles. The van der Waals surface area contributed by atoms with Gasteiger partial charge in [-0.05, 0) is 55.8 Å². The van der Waals surface area contributed by atoms with E-state index in [0.717, 1.165) is 11.3 Å². The lowest BCUT2D eigenvalue weighted by Crippen LogP contribution is -1.98. The summed E-state index contributed by atoms with van der Waals surface area (Å²) in [7, 11) is 1.58. The van der Waals surface area contributed by atoms with Gasteiger partial charge in [0.25, 0.3) is 0 Å². The van der Waals surface area contributed by atoms with E-state index >= 15 is 0 Å². The Morgan fingerprint density at radius 3 is 2.48 bits per heavy atom. The third-order valence-electron chi connectivity index (χ3n) is 3.80. The fourth-order valence-electron chi connectivity index (χ4n) is 2.41. The number of ketones is 1. The molecule has 25 heavy (non-hydrogen) atoms. The standard InChI is InChI=1S/C21H20O4/c1-14(2)10-11-24-16-6-4-15(5-7-16)12-20-21(22)18-9-8-17(23-3)13-19(18)25-20/h4-10,12-13H,11H2,1-3H3/b20-12-. The van der Waals surface area contributed by atoms with Crippen molar-refractivity contribution in [1.82, 2.24) is 0 Å². The summed E-state index contributed by atoms with van der Waals surface area (Å²) >= 11 is 0. The molecule has 0 unspecified atom stereocenters. The molecule has 4 heteroatoms. The molecule has 1 aliphatic rings. The van der Waals surface area contributed by atoms with Gasteiger partial charge >= 0.3 is 0 Å². The van der Waals surface area contributed by atoms with E-state index in [9.17, 15) is 4.79 Å². The number of Topliss-reactive ketones (excluding diaryl/α,β-unsaturated/α-hetero) is 1. The van der Waals surface area contributed by atoms with Crippen LogP contribution in [0, 0.1) is 0 Å². The van der Waals surface area contributed by atoms with Gasteiger partial charge < -0.3 is 14.2 Å². The van der Waals surface area contributed by atoms with Crippen molar-refractivity contribution >= 4 is 11.9 Å². The fourth-order valence-corrected chi connectivity index (χ4v) is 2.41. The summed E-state index contributed by atoms with van der Waals surface area (Å²) in [6.45, 7) is 4.61. The average molecular weight is 336 g/mol. The summed E-state index contributed by atoms with van der Waals surface area (Å²) in [6, 6.07) is 12.7. The lowest BCUT2D eigenvalue weighted by atomic mass is 10.1. The zero-order valence-corrected chi connectivity index (χ0v) is 14.5. The van der Waals surface area contributed by atoms with E-state index in [1.54, 1.807) is 31.4 Å². The molecule has 0 fully saturated rings. The Labute approximate surface area is 147 Å². The number of methoxy groups -OCH3 is 1. The summed E-state index contributed by atoms with van der Waals surface area (Å²) in [5.41, 5.74) is 2.64. The molecule has 0 aromatic heterocycles. The molecule has 1 heterocycles. The van der Waals surface area contributed by atoms with Crippen molar-refractivity contribution < 1.29 is 19.0 Å². The fraction of sp³-hybridized carbons (Fsp3) is 0.190. The van der Waals surface area contributed by atoms with Crippen LogP contribution in [0.2, 0.25) is 0 Å². The van der Waals surface area contributed by atoms with Gasteiger partial charge in [0.2, 0.25) is 5.78 Å². The van der Waals surface area contributed by atoms with Crippen LogP contribution in [-0.2, 0) is 0 Å². The number of hydrogen-bond acceptors (Lipinski definition) is 4. The second-order valence-corrected chi connectivity index (χ2v) is 5.96. The Bertz CT molecular complexity index is 841. The zero-order chi connectivity index (χ0) is 17.8. The van der Waals surface area contributed by atoms with Crippen molar-refractivity contribution in [3.8, 4) is 17.2 Å². The minimum Gasteiger partial charge on any atom is -0.497 e. The van der Waals surface area contributed by atoms with E-state index < -0.39 is 0 Å². The van der Waals surface area contributed by atoms with E-state index in [0.29, 0.717) is 29.4 Å². The topological polar surface area (TPSA) is 44.8 Å². The molecule has 2 aromatic rings. The van der Waals surface area contributed by atoms with Crippen molar-refractivity contribution in [1.29, 1.82) is 0 Å². The molecule has 0 spiro atoms. The number of ether oxygens (including phenoxy) is 3. The first kappa shape index (κ1) is 16.8. The average Bonchev–Trinajstić information content (AvgIpc) is 2.91. The Morgan fingerprint density at radius 1 is 1.08 bits per heavy atom. The summed E-state index contributed by atoms with van der Waals surface area (Å²) in [5.74, 6) is 2.15. The van der Waals surface area contributed by atoms with Crippen molar-refractivity contribution in [3.63, 3.8) is 0 Å². The molecule has 1 aliphatic heterocycles. The maximum atomic E-state index is 12.4. The molecular formula is C21H20O4. The minimum atomic E-state index is -0.124. The van der Waals surface area contributed by atoms with Crippen LogP contribution in [0.4, 0.5) is 0 Å². The molecule has 2 aromatic carbocycles. The van der Waals surface area contributed by atoms with Gasteiger partial charge in [0.05, 0.1) is 12.7 Å². The smallest absolute Gasteiger partial charge is 0.231 e. The predicted octanol–water partition coefficient (Wildman–Crippen LogP) is 4.66. The highest BCUT2D eigenvalue weighted by Crippen LogP contribution is 2.34. The lowest BCUT2D eigenvalue weighted by molar-refractivity contribution is 0.101. The van der Waals surface area contributed by atoms with Crippen LogP contribution >= 0.6 is 0 Å². The highest BCUT2D eigenvalue weighted by Gasteiger charge is 2.27. The second-order valence-electron chi connectivity index (χ2n) is 5.96. The highest BCUT2D eigenvalue weighted by molar-refractivity contribution is 6.14. The van der Waals surface area contributed by atoms with Gasteiger partial charge in [-0.1, -0.05) is 17.7 Å². The molecule has 0 bridgehead atoms. The molecule has 0 amide bonds. The van der Waals surface area contributed by atoms with Crippen LogP contribution in [0.5, 0.6) is 17.2 Å². The molecule has 0 saturated heterocycles. The number of carbonyl (C=O) groups is 1. The summed E-state index contributed by atoms with van der Waals surface area (Å²) in [4.78, 5) is 12.4. The largest absolute Gasteiger partial charge is 0.497 e. The minimum absolute atomic E-state index is 0.124. The first-order valence-corrected chi connectivity index (χ1v) is 8.05. The van der Waals surface area contributed by atoms with Crippen LogP contribution in [0.3, 0.4) is 0 Å². The number of carbonyl (C=O) groups excluding carboxylic acids is 1. The second kappa shape index (κ2) is 7.26. The Hall–Kier alpha value is -3.01.